The van der Waals surface area contributed by atoms with E-state index in [2.05, 4.69) is 26.2 Å². The first kappa shape index (κ1) is 13.8. The van der Waals surface area contributed by atoms with E-state index >= 15 is 0 Å². The number of thiazole rings is 1. The molecule has 0 bridgehead atoms. The Morgan fingerprint density at radius 2 is 2.10 bits per heavy atom. The van der Waals surface area contributed by atoms with Crippen LogP contribution in [0.25, 0.3) is 10.2 Å². The SMILES string of the molecule is Cc1cc(Br)c(F)cc1Nc1nc2cc(Cl)ccc2s1. The van der Waals surface area contributed by atoms with Crippen LogP contribution < -0.4 is 5.32 Å². The number of nitrogens with zero attached hydrogens (tertiary/aromatic N) is 1. The molecule has 102 valence electrons. The van der Waals surface area contributed by atoms with E-state index in [1.807, 2.05) is 25.1 Å². The van der Waals surface area contributed by atoms with E-state index in [-0.39, 0.29) is 5.82 Å². The molecular weight excluding hydrogens is 363 g/mol. The molecule has 20 heavy (non-hydrogen) atoms. The summed E-state index contributed by atoms with van der Waals surface area (Å²) in [5, 5.41) is 4.52. The average Bonchev–Trinajstić information content (AvgIpc) is 2.77. The van der Waals surface area contributed by atoms with Gasteiger partial charge >= 0.3 is 0 Å². The van der Waals surface area contributed by atoms with Crippen molar-refractivity contribution in [3.8, 4) is 0 Å². The van der Waals surface area contributed by atoms with Crippen LogP contribution in [0.2, 0.25) is 5.02 Å². The zero-order valence-corrected chi connectivity index (χ0v) is 13.5. The summed E-state index contributed by atoms with van der Waals surface area (Å²) in [7, 11) is 0. The van der Waals surface area contributed by atoms with E-state index < -0.39 is 0 Å². The van der Waals surface area contributed by atoms with Crippen LogP contribution >= 0.6 is 38.9 Å². The van der Waals surface area contributed by atoms with Gasteiger partial charge in [0.05, 0.1) is 14.7 Å². The van der Waals surface area contributed by atoms with Crippen LogP contribution in [0.3, 0.4) is 0 Å². The van der Waals surface area contributed by atoms with Gasteiger partial charge < -0.3 is 5.32 Å². The second-order valence-corrected chi connectivity index (χ2v) is 6.66. The number of rotatable bonds is 2. The van der Waals surface area contributed by atoms with E-state index in [9.17, 15) is 4.39 Å². The number of benzene rings is 2. The number of aromatic nitrogens is 1. The number of fused-ring (bicyclic) bond motifs is 1. The lowest BCUT2D eigenvalue weighted by Gasteiger charge is -2.07. The molecule has 0 saturated carbocycles. The third-order valence-corrected chi connectivity index (χ3v) is 4.65. The molecule has 0 amide bonds. The Kier molecular flexibility index (Phi) is 3.67. The Morgan fingerprint density at radius 3 is 2.90 bits per heavy atom. The normalized spacial score (nSPS) is 11.0. The average molecular weight is 372 g/mol. The van der Waals surface area contributed by atoms with Gasteiger partial charge in [0.1, 0.15) is 5.82 Å². The predicted molar refractivity (Wildman–Crippen MR) is 86.7 cm³/mol. The monoisotopic (exact) mass is 370 g/mol. The minimum Gasteiger partial charge on any atom is -0.331 e. The molecule has 0 aliphatic carbocycles. The Morgan fingerprint density at radius 1 is 1.30 bits per heavy atom. The molecule has 3 aromatic rings. The van der Waals surface area contributed by atoms with Crippen molar-refractivity contribution in [2.75, 3.05) is 5.32 Å². The summed E-state index contributed by atoms with van der Waals surface area (Å²) < 4.78 is 15.1. The summed E-state index contributed by atoms with van der Waals surface area (Å²) >= 11 is 10.6. The molecule has 3 rings (SSSR count). The maximum atomic E-state index is 13.6. The minimum absolute atomic E-state index is 0.303. The van der Waals surface area contributed by atoms with Crippen molar-refractivity contribution >= 4 is 59.9 Å². The van der Waals surface area contributed by atoms with Crippen molar-refractivity contribution in [2.45, 2.75) is 6.92 Å². The van der Waals surface area contributed by atoms with Gasteiger partial charge in [-0.15, -0.1) is 0 Å². The molecule has 0 spiro atoms. The van der Waals surface area contributed by atoms with Gasteiger partial charge in [-0.05, 0) is 58.7 Å². The smallest absolute Gasteiger partial charge is 0.188 e. The Bertz CT molecular complexity index is 803. The third-order valence-electron chi connectivity index (χ3n) is 2.86. The van der Waals surface area contributed by atoms with Crippen LogP contribution in [0.1, 0.15) is 5.56 Å². The van der Waals surface area contributed by atoms with Crippen LogP contribution in [-0.4, -0.2) is 4.98 Å². The van der Waals surface area contributed by atoms with Crippen LogP contribution in [0, 0.1) is 12.7 Å². The van der Waals surface area contributed by atoms with Crippen molar-refractivity contribution in [2.24, 2.45) is 0 Å². The molecule has 1 N–H and O–H groups in total. The van der Waals surface area contributed by atoms with E-state index in [0.29, 0.717) is 20.3 Å². The molecule has 0 aliphatic heterocycles. The fourth-order valence-corrected chi connectivity index (χ4v) is 3.33. The largest absolute Gasteiger partial charge is 0.331 e. The second kappa shape index (κ2) is 5.31. The second-order valence-electron chi connectivity index (χ2n) is 4.34. The molecule has 0 aliphatic rings. The fraction of sp³-hybridized carbons (Fsp3) is 0.0714. The minimum atomic E-state index is -0.303. The van der Waals surface area contributed by atoms with Gasteiger partial charge in [-0.3, -0.25) is 0 Å². The maximum Gasteiger partial charge on any atom is 0.188 e. The number of aryl methyl sites for hydroxylation is 1. The lowest BCUT2D eigenvalue weighted by atomic mass is 10.2. The topological polar surface area (TPSA) is 24.9 Å². The molecule has 1 aromatic heterocycles. The fourth-order valence-electron chi connectivity index (χ4n) is 1.85. The van der Waals surface area contributed by atoms with E-state index in [4.69, 9.17) is 11.6 Å². The lowest BCUT2D eigenvalue weighted by Crippen LogP contribution is -1.94. The van der Waals surface area contributed by atoms with Crippen LogP contribution in [0.5, 0.6) is 0 Å². The number of hydrogen-bond acceptors (Lipinski definition) is 3. The number of anilines is 2. The van der Waals surface area contributed by atoms with Gasteiger partial charge in [0.15, 0.2) is 5.13 Å². The van der Waals surface area contributed by atoms with E-state index in [0.717, 1.165) is 15.8 Å². The molecule has 0 unspecified atom stereocenters. The van der Waals surface area contributed by atoms with Gasteiger partial charge in [0, 0.05) is 10.7 Å². The summed E-state index contributed by atoms with van der Waals surface area (Å²) in [6.07, 6.45) is 0. The first-order valence-corrected chi connectivity index (χ1v) is 7.80. The van der Waals surface area contributed by atoms with Crippen molar-refractivity contribution in [3.63, 3.8) is 0 Å². The van der Waals surface area contributed by atoms with Gasteiger partial charge in [-0.2, -0.15) is 0 Å². The highest BCUT2D eigenvalue weighted by Gasteiger charge is 2.09. The van der Waals surface area contributed by atoms with Crippen LogP contribution in [0.4, 0.5) is 15.2 Å². The summed E-state index contributed by atoms with van der Waals surface area (Å²) in [6, 6.07) is 8.76. The quantitative estimate of drug-likeness (QED) is 0.606. The van der Waals surface area contributed by atoms with Gasteiger partial charge in [0.25, 0.3) is 0 Å². The van der Waals surface area contributed by atoms with Gasteiger partial charge in [-0.1, -0.05) is 22.9 Å². The number of halogens is 3. The molecule has 2 nitrogen and oxygen atoms in total. The highest BCUT2D eigenvalue weighted by atomic mass is 79.9. The first-order valence-electron chi connectivity index (χ1n) is 5.82. The van der Waals surface area contributed by atoms with Crippen molar-refractivity contribution in [1.29, 1.82) is 0 Å². The summed E-state index contributed by atoms with van der Waals surface area (Å²) in [5.74, 6) is -0.303. The van der Waals surface area contributed by atoms with E-state index in [1.54, 1.807) is 6.07 Å². The lowest BCUT2D eigenvalue weighted by molar-refractivity contribution is 0.621. The van der Waals surface area contributed by atoms with Crippen LogP contribution in [0.15, 0.2) is 34.8 Å². The third kappa shape index (κ3) is 2.66. The Hall–Kier alpha value is -1.17. The highest BCUT2D eigenvalue weighted by Crippen LogP contribution is 2.32. The van der Waals surface area contributed by atoms with Crippen molar-refractivity contribution in [3.05, 3.63) is 51.2 Å². The molecule has 1 heterocycles. The van der Waals surface area contributed by atoms with E-state index in [1.165, 1.54) is 17.4 Å². The maximum absolute atomic E-state index is 13.6. The molecule has 0 fully saturated rings. The molecular formula is C14H9BrClFN2S. The Balaban J connectivity index is 1.99. The summed E-state index contributed by atoms with van der Waals surface area (Å²) in [6.45, 7) is 1.91. The molecule has 6 heteroatoms. The predicted octanol–water partition coefficient (Wildman–Crippen LogP) is 5.90. The summed E-state index contributed by atoms with van der Waals surface area (Å²) in [4.78, 5) is 4.45. The first-order chi connectivity index (χ1) is 9.52. The zero-order valence-electron chi connectivity index (χ0n) is 10.4. The summed E-state index contributed by atoms with van der Waals surface area (Å²) in [5.41, 5.74) is 2.48. The molecule has 2 aromatic carbocycles. The van der Waals surface area contributed by atoms with Crippen molar-refractivity contribution < 1.29 is 4.39 Å². The highest BCUT2D eigenvalue weighted by molar-refractivity contribution is 9.10. The Labute approximate surface area is 132 Å². The standard InChI is InChI=1S/C14H9BrClFN2S/c1-7-4-9(15)10(17)6-11(7)18-14-19-12-5-8(16)2-3-13(12)20-14/h2-6H,1H3,(H,18,19). The molecule has 0 radical (unpaired) electrons. The molecule has 0 saturated heterocycles. The van der Waals surface area contributed by atoms with Crippen molar-refractivity contribution in [1.82, 2.24) is 4.98 Å². The zero-order chi connectivity index (χ0) is 14.3. The number of hydrogen-bond donors (Lipinski definition) is 1. The van der Waals surface area contributed by atoms with Gasteiger partial charge in [-0.25, -0.2) is 9.37 Å². The molecule has 0 atom stereocenters. The van der Waals surface area contributed by atoms with Gasteiger partial charge in [0.2, 0.25) is 0 Å². The number of nitrogens with one attached hydrogen (secondary N) is 1. The van der Waals surface area contributed by atoms with Crippen LogP contribution in [-0.2, 0) is 0 Å².